The first-order chi connectivity index (χ1) is 11.0. The summed E-state index contributed by atoms with van der Waals surface area (Å²) in [7, 11) is 1.89. The zero-order valence-corrected chi connectivity index (χ0v) is 14.3. The van der Waals surface area contributed by atoms with Crippen molar-refractivity contribution >= 4 is 27.5 Å². The van der Waals surface area contributed by atoms with Gasteiger partial charge in [-0.2, -0.15) is 0 Å². The van der Waals surface area contributed by atoms with Gasteiger partial charge in [0.15, 0.2) is 0 Å². The van der Waals surface area contributed by atoms with Crippen molar-refractivity contribution in [3.63, 3.8) is 0 Å². The number of fused-ring (bicyclic) bond motifs is 4. The Kier molecular flexibility index (Phi) is 3.54. The van der Waals surface area contributed by atoms with E-state index in [2.05, 4.69) is 10.2 Å². The average molecular weight is 331 g/mol. The maximum absolute atomic E-state index is 12.7. The third kappa shape index (κ3) is 2.50. The first-order valence-corrected chi connectivity index (χ1v) is 8.99. The number of thiophene rings is 1. The van der Waals surface area contributed by atoms with Crippen LogP contribution in [0.4, 0.5) is 0 Å². The van der Waals surface area contributed by atoms with Crippen molar-refractivity contribution in [1.29, 1.82) is 0 Å². The van der Waals surface area contributed by atoms with Crippen LogP contribution in [-0.4, -0.2) is 34.6 Å². The highest BCUT2D eigenvalue weighted by Gasteiger charge is 2.34. The summed E-state index contributed by atoms with van der Waals surface area (Å²) in [5.41, 5.74) is 1.00. The fourth-order valence-corrected chi connectivity index (χ4v) is 4.88. The summed E-state index contributed by atoms with van der Waals surface area (Å²) >= 11 is 1.46. The molecule has 3 aliphatic heterocycles. The van der Waals surface area contributed by atoms with Gasteiger partial charge in [0.1, 0.15) is 5.56 Å². The van der Waals surface area contributed by atoms with E-state index in [9.17, 15) is 9.59 Å². The van der Waals surface area contributed by atoms with Crippen molar-refractivity contribution in [1.82, 2.24) is 14.8 Å². The lowest BCUT2D eigenvalue weighted by Gasteiger charge is -2.45. The molecule has 2 aromatic rings. The Morgan fingerprint density at radius 2 is 2.09 bits per heavy atom. The van der Waals surface area contributed by atoms with E-state index in [1.54, 1.807) is 6.20 Å². The molecule has 0 saturated carbocycles. The minimum absolute atomic E-state index is 0.0838. The molecule has 0 spiro atoms. The lowest BCUT2D eigenvalue weighted by Crippen LogP contribution is -2.56. The molecule has 0 radical (unpaired) electrons. The smallest absolute Gasteiger partial charge is 0.258 e. The molecule has 0 aliphatic carbocycles. The van der Waals surface area contributed by atoms with Crippen molar-refractivity contribution in [2.75, 3.05) is 13.1 Å². The molecule has 5 rings (SSSR count). The zero-order chi connectivity index (χ0) is 16.1. The average Bonchev–Trinajstić information content (AvgIpc) is 2.94. The molecule has 3 saturated heterocycles. The Hall–Kier alpha value is -1.66. The van der Waals surface area contributed by atoms with Gasteiger partial charge in [0, 0.05) is 31.2 Å². The van der Waals surface area contributed by atoms with Gasteiger partial charge in [0.05, 0.1) is 16.4 Å². The first-order valence-electron chi connectivity index (χ1n) is 8.17. The quantitative estimate of drug-likeness (QED) is 0.917. The molecular weight excluding hydrogens is 310 g/mol. The van der Waals surface area contributed by atoms with Gasteiger partial charge >= 0.3 is 0 Å². The van der Waals surface area contributed by atoms with Crippen molar-refractivity contribution in [3.05, 3.63) is 32.9 Å². The number of hydrogen-bond acceptors (Lipinski definition) is 4. The summed E-state index contributed by atoms with van der Waals surface area (Å²) < 4.78 is 2.55. The second kappa shape index (κ2) is 5.46. The predicted molar refractivity (Wildman–Crippen MR) is 92.0 cm³/mol. The number of aryl methyl sites for hydroxylation is 2. The lowest BCUT2D eigenvalue weighted by atomic mass is 9.86. The van der Waals surface area contributed by atoms with Gasteiger partial charge in [-0.25, -0.2) is 0 Å². The molecule has 6 heteroatoms. The molecule has 1 atom stereocenters. The van der Waals surface area contributed by atoms with Crippen LogP contribution in [0.5, 0.6) is 0 Å². The fourth-order valence-electron chi connectivity index (χ4n) is 3.88. The second-order valence-electron chi connectivity index (χ2n) is 6.76. The van der Waals surface area contributed by atoms with Crippen LogP contribution in [0.1, 0.15) is 34.5 Å². The summed E-state index contributed by atoms with van der Waals surface area (Å²) in [6.45, 7) is 4.09. The Labute approximate surface area is 138 Å². The van der Waals surface area contributed by atoms with E-state index < -0.39 is 0 Å². The van der Waals surface area contributed by atoms with Gasteiger partial charge in [0.2, 0.25) is 5.43 Å². The number of pyridine rings is 1. The van der Waals surface area contributed by atoms with Crippen LogP contribution in [0, 0.1) is 12.8 Å². The number of nitrogens with zero attached hydrogens (tertiary/aromatic N) is 2. The lowest BCUT2D eigenvalue weighted by molar-refractivity contribution is 0.0294. The largest absolute Gasteiger partial charge is 0.349 e. The van der Waals surface area contributed by atoms with Crippen LogP contribution >= 0.6 is 11.3 Å². The van der Waals surface area contributed by atoms with Gasteiger partial charge in [-0.15, -0.1) is 11.3 Å². The number of rotatable bonds is 2. The molecule has 2 aromatic heterocycles. The normalized spacial score (nSPS) is 26.6. The molecule has 3 fully saturated rings. The van der Waals surface area contributed by atoms with E-state index in [1.807, 2.05) is 24.6 Å². The molecule has 5 heterocycles. The number of carbonyl (C=O) groups excluding carboxylic acids is 1. The summed E-state index contributed by atoms with van der Waals surface area (Å²) in [6.07, 6.45) is 5.22. The van der Waals surface area contributed by atoms with Gasteiger partial charge in [-0.05, 0) is 38.2 Å². The molecule has 122 valence electrons. The molecule has 1 amide bonds. The summed E-state index contributed by atoms with van der Waals surface area (Å²) in [5.74, 6) is 0.478. The number of carbonyl (C=O) groups is 1. The standard InChI is InChI=1S/C17H21N3O2S/c1-10-7-13-16(23-10)15(21)12(9-19(13)2)17(22)18-14-8-11-3-5-20(14)6-4-11/h7,9,11,14H,3-6,8H2,1-2H3,(H,18,22). The maximum Gasteiger partial charge on any atom is 0.258 e. The molecule has 1 unspecified atom stereocenters. The van der Waals surface area contributed by atoms with Crippen LogP contribution < -0.4 is 10.7 Å². The van der Waals surface area contributed by atoms with Crippen molar-refractivity contribution in [2.24, 2.45) is 13.0 Å². The van der Waals surface area contributed by atoms with E-state index in [-0.39, 0.29) is 23.1 Å². The maximum atomic E-state index is 12.7. The molecule has 2 bridgehead atoms. The van der Waals surface area contributed by atoms with E-state index >= 15 is 0 Å². The molecule has 0 aromatic carbocycles. The van der Waals surface area contributed by atoms with Crippen LogP contribution in [0.3, 0.4) is 0 Å². The van der Waals surface area contributed by atoms with E-state index in [4.69, 9.17) is 0 Å². The third-order valence-electron chi connectivity index (χ3n) is 5.18. The monoisotopic (exact) mass is 331 g/mol. The molecule has 1 N–H and O–H groups in total. The van der Waals surface area contributed by atoms with E-state index in [0.29, 0.717) is 4.70 Å². The number of piperidine rings is 3. The second-order valence-corrected chi connectivity index (χ2v) is 8.01. The topological polar surface area (TPSA) is 54.3 Å². The predicted octanol–water partition coefficient (Wildman–Crippen LogP) is 2.08. The third-order valence-corrected chi connectivity index (χ3v) is 6.22. The van der Waals surface area contributed by atoms with Crippen molar-refractivity contribution in [2.45, 2.75) is 32.4 Å². The van der Waals surface area contributed by atoms with Gasteiger partial charge in [0.25, 0.3) is 5.91 Å². The van der Waals surface area contributed by atoms with Crippen molar-refractivity contribution in [3.8, 4) is 0 Å². The Bertz CT molecular complexity index is 830. The zero-order valence-electron chi connectivity index (χ0n) is 13.5. The van der Waals surface area contributed by atoms with Crippen LogP contribution in [-0.2, 0) is 7.05 Å². The molecule has 5 nitrogen and oxygen atoms in total. The Balaban J connectivity index is 1.65. The SMILES string of the molecule is Cc1cc2c(s1)c(=O)c(C(=O)NC1CC3CCN1CC3)cn2C. The minimum atomic E-state index is -0.240. The summed E-state index contributed by atoms with van der Waals surface area (Å²) in [4.78, 5) is 28.7. The van der Waals surface area contributed by atoms with Gasteiger partial charge < -0.3 is 9.88 Å². The van der Waals surface area contributed by atoms with Crippen molar-refractivity contribution < 1.29 is 4.79 Å². The first kappa shape index (κ1) is 14.9. The summed E-state index contributed by atoms with van der Waals surface area (Å²) in [6, 6.07) is 1.99. The molecule has 3 aliphatic rings. The molecule has 23 heavy (non-hydrogen) atoms. The summed E-state index contributed by atoms with van der Waals surface area (Å²) in [5, 5.41) is 3.08. The van der Waals surface area contributed by atoms with Crippen LogP contribution in [0.15, 0.2) is 17.1 Å². The fraction of sp³-hybridized carbons (Fsp3) is 0.529. The number of nitrogens with one attached hydrogen (secondary N) is 1. The highest BCUT2D eigenvalue weighted by atomic mass is 32.1. The highest BCUT2D eigenvalue weighted by molar-refractivity contribution is 7.18. The van der Waals surface area contributed by atoms with Crippen LogP contribution in [0.2, 0.25) is 0 Å². The number of amides is 1. The highest BCUT2D eigenvalue weighted by Crippen LogP contribution is 2.30. The minimum Gasteiger partial charge on any atom is -0.349 e. The van der Waals surface area contributed by atoms with E-state index in [0.717, 1.165) is 35.8 Å². The number of hydrogen-bond donors (Lipinski definition) is 1. The van der Waals surface area contributed by atoms with Gasteiger partial charge in [-0.1, -0.05) is 0 Å². The Morgan fingerprint density at radius 1 is 1.35 bits per heavy atom. The van der Waals surface area contributed by atoms with Gasteiger partial charge in [-0.3, -0.25) is 14.5 Å². The number of aromatic nitrogens is 1. The van der Waals surface area contributed by atoms with Crippen LogP contribution in [0.25, 0.3) is 10.2 Å². The Morgan fingerprint density at radius 3 is 2.74 bits per heavy atom. The van der Waals surface area contributed by atoms with E-state index in [1.165, 1.54) is 24.2 Å². The molecular formula is C17H21N3O2S.